The summed E-state index contributed by atoms with van der Waals surface area (Å²) in [6.07, 6.45) is 5.14. The average Bonchev–Trinajstić information content (AvgIpc) is 3.05. The highest BCUT2D eigenvalue weighted by Crippen LogP contribution is 2.56. The molecule has 3 rings (SSSR count). The number of hydrogen-bond acceptors (Lipinski definition) is 4. The van der Waals surface area contributed by atoms with E-state index in [1.165, 1.54) is 19.8 Å². The zero-order valence-electron chi connectivity index (χ0n) is 14.1. The Bertz CT molecular complexity index is 389. The minimum Gasteiger partial charge on any atom is -0.462 e. The Morgan fingerprint density at radius 2 is 1.91 bits per heavy atom. The van der Waals surface area contributed by atoms with E-state index in [1.807, 2.05) is 0 Å². The van der Waals surface area contributed by atoms with Gasteiger partial charge in [-0.15, -0.1) is 0 Å². The van der Waals surface area contributed by atoms with E-state index in [1.54, 1.807) is 0 Å². The van der Waals surface area contributed by atoms with Crippen LogP contribution in [0.3, 0.4) is 0 Å². The van der Waals surface area contributed by atoms with Crippen molar-refractivity contribution < 1.29 is 19.0 Å². The third-order valence-corrected chi connectivity index (χ3v) is 6.33. The zero-order chi connectivity index (χ0) is 15.7. The standard InChI is InChI=1S/C18H30O4/c1-11-12(2)15-9-14(11)10-16(15)17(22-13(3)19)5-6-18-20-7-4-8-21-18/h11-12,14-18H,4-10H2,1-3H3. The predicted octanol–water partition coefficient (Wildman–Crippen LogP) is 3.39. The molecular weight excluding hydrogens is 280 g/mol. The fourth-order valence-corrected chi connectivity index (χ4v) is 5.00. The van der Waals surface area contributed by atoms with Gasteiger partial charge in [0, 0.05) is 13.3 Å². The van der Waals surface area contributed by atoms with Crippen LogP contribution in [-0.4, -0.2) is 31.6 Å². The van der Waals surface area contributed by atoms with Gasteiger partial charge in [0.25, 0.3) is 0 Å². The Kier molecular flexibility index (Phi) is 5.08. The molecule has 3 fully saturated rings. The number of esters is 1. The SMILES string of the molecule is CC(=O)OC(CCC1OCCCO1)C1CC2CC1C(C)C2C. The molecule has 0 amide bonds. The maximum atomic E-state index is 11.5. The van der Waals surface area contributed by atoms with E-state index >= 15 is 0 Å². The van der Waals surface area contributed by atoms with Crippen LogP contribution in [0.15, 0.2) is 0 Å². The number of carbonyl (C=O) groups is 1. The van der Waals surface area contributed by atoms with Gasteiger partial charge in [-0.2, -0.15) is 0 Å². The van der Waals surface area contributed by atoms with Crippen LogP contribution in [0, 0.1) is 29.6 Å². The highest BCUT2D eigenvalue weighted by Gasteiger charge is 2.51. The van der Waals surface area contributed by atoms with Crippen molar-refractivity contribution in [3.8, 4) is 0 Å². The number of fused-ring (bicyclic) bond motifs is 2. The summed E-state index contributed by atoms with van der Waals surface area (Å²) in [5.74, 6) is 3.50. The molecule has 22 heavy (non-hydrogen) atoms. The van der Waals surface area contributed by atoms with Gasteiger partial charge in [-0.25, -0.2) is 0 Å². The molecular formula is C18H30O4. The first kappa shape index (κ1) is 16.3. The topological polar surface area (TPSA) is 44.8 Å². The van der Waals surface area contributed by atoms with E-state index in [-0.39, 0.29) is 18.4 Å². The molecule has 4 nitrogen and oxygen atoms in total. The lowest BCUT2D eigenvalue weighted by molar-refractivity contribution is -0.187. The smallest absolute Gasteiger partial charge is 0.302 e. The van der Waals surface area contributed by atoms with Gasteiger partial charge in [0.1, 0.15) is 6.10 Å². The van der Waals surface area contributed by atoms with Crippen LogP contribution in [0.1, 0.15) is 52.9 Å². The highest BCUT2D eigenvalue weighted by atomic mass is 16.7. The van der Waals surface area contributed by atoms with Crippen molar-refractivity contribution in [3.63, 3.8) is 0 Å². The van der Waals surface area contributed by atoms with Crippen molar-refractivity contribution in [1.82, 2.24) is 0 Å². The first-order valence-corrected chi connectivity index (χ1v) is 8.96. The van der Waals surface area contributed by atoms with Gasteiger partial charge in [-0.3, -0.25) is 4.79 Å². The first-order valence-electron chi connectivity index (χ1n) is 8.96. The van der Waals surface area contributed by atoms with Gasteiger partial charge in [0.15, 0.2) is 6.29 Å². The Balaban J connectivity index is 1.59. The van der Waals surface area contributed by atoms with Gasteiger partial charge in [0.2, 0.25) is 0 Å². The van der Waals surface area contributed by atoms with E-state index in [4.69, 9.17) is 14.2 Å². The molecule has 6 atom stereocenters. The summed E-state index contributed by atoms with van der Waals surface area (Å²) in [5, 5.41) is 0. The second kappa shape index (κ2) is 6.88. The van der Waals surface area contributed by atoms with Crippen molar-refractivity contribution in [2.45, 2.75) is 65.3 Å². The van der Waals surface area contributed by atoms with Gasteiger partial charge in [-0.05, 0) is 55.3 Å². The monoisotopic (exact) mass is 310 g/mol. The van der Waals surface area contributed by atoms with Gasteiger partial charge in [-0.1, -0.05) is 13.8 Å². The zero-order valence-corrected chi connectivity index (χ0v) is 14.1. The van der Waals surface area contributed by atoms with E-state index in [2.05, 4.69) is 13.8 Å². The van der Waals surface area contributed by atoms with Crippen molar-refractivity contribution in [3.05, 3.63) is 0 Å². The minimum atomic E-state index is -0.154. The summed E-state index contributed by atoms with van der Waals surface area (Å²) in [6.45, 7) is 7.85. The predicted molar refractivity (Wildman–Crippen MR) is 83.1 cm³/mol. The summed E-state index contributed by atoms with van der Waals surface area (Å²) < 4.78 is 17.0. The molecule has 0 N–H and O–H groups in total. The molecule has 2 aliphatic carbocycles. The Morgan fingerprint density at radius 3 is 2.50 bits per heavy atom. The lowest BCUT2D eigenvalue weighted by atomic mass is 9.73. The van der Waals surface area contributed by atoms with Crippen LogP contribution in [-0.2, 0) is 19.0 Å². The van der Waals surface area contributed by atoms with Gasteiger partial charge >= 0.3 is 5.97 Å². The molecule has 3 aliphatic rings. The quantitative estimate of drug-likeness (QED) is 0.730. The second-order valence-electron chi connectivity index (χ2n) is 7.53. The lowest BCUT2D eigenvalue weighted by Gasteiger charge is -2.36. The van der Waals surface area contributed by atoms with Crippen LogP contribution >= 0.6 is 0 Å². The van der Waals surface area contributed by atoms with Crippen molar-refractivity contribution in [1.29, 1.82) is 0 Å². The summed E-state index contributed by atoms with van der Waals surface area (Å²) in [7, 11) is 0. The lowest BCUT2D eigenvalue weighted by Crippen LogP contribution is -2.36. The summed E-state index contributed by atoms with van der Waals surface area (Å²) in [4.78, 5) is 11.5. The largest absolute Gasteiger partial charge is 0.462 e. The molecule has 0 aromatic carbocycles. The normalized spacial score (nSPS) is 39.9. The molecule has 2 bridgehead atoms. The number of hydrogen-bond donors (Lipinski definition) is 0. The van der Waals surface area contributed by atoms with Gasteiger partial charge in [0.05, 0.1) is 13.2 Å². The van der Waals surface area contributed by atoms with E-state index in [9.17, 15) is 4.79 Å². The molecule has 1 saturated heterocycles. The number of ether oxygens (including phenoxy) is 3. The van der Waals surface area contributed by atoms with Crippen LogP contribution in [0.4, 0.5) is 0 Å². The molecule has 6 unspecified atom stereocenters. The maximum absolute atomic E-state index is 11.5. The van der Waals surface area contributed by atoms with Gasteiger partial charge < -0.3 is 14.2 Å². The van der Waals surface area contributed by atoms with E-state index < -0.39 is 0 Å². The Hall–Kier alpha value is -0.610. The molecule has 0 aromatic rings. The average molecular weight is 310 g/mol. The maximum Gasteiger partial charge on any atom is 0.302 e. The van der Waals surface area contributed by atoms with Crippen molar-refractivity contribution in [2.24, 2.45) is 29.6 Å². The fourth-order valence-electron chi connectivity index (χ4n) is 5.00. The molecule has 2 saturated carbocycles. The summed E-state index contributed by atoms with van der Waals surface area (Å²) in [5.41, 5.74) is 0. The van der Waals surface area contributed by atoms with Crippen LogP contribution in [0.25, 0.3) is 0 Å². The Morgan fingerprint density at radius 1 is 1.18 bits per heavy atom. The minimum absolute atomic E-state index is 0.0385. The molecule has 126 valence electrons. The molecule has 0 spiro atoms. The molecule has 1 heterocycles. The number of carbonyl (C=O) groups excluding carboxylic acids is 1. The Labute approximate surface area is 133 Å². The van der Waals surface area contributed by atoms with Crippen LogP contribution in [0.5, 0.6) is 0 Å². The summed E-state index contributed by atoms with van der Waals surface area (Å²) in [6, 6.07) is 0. The molecule has 0 radical (unpaired) electrons. The van der Waals surface area contributed by atoms with Crippen molar-refractivity contribution >= 4 is 5.97 Å². The molecule has 1 aliphatic heterocycles. The van der Waals surface area contributed by atoms with E-state index in [0.717, 1.165) is 56.1 Å². The molecule has 4 heteroatoms. The first-order chi connectivity index (χ1) is 10.6. The van der Waals surface area contributed by atoms with Crippen LogP contribution < -0.4 is 0 Å². The highest BCUT2D eigenvalue weighted by molar-refractivity contribution is 5.66. The third kappa shape index (κ3) is 3.33. The molecule has 0 aromatic heterocycles. The fraction of sp³-hybridized carbons (Fsp3) is 0.944. The third-order valence-electron chi connectivity index (χ3n) is 6.33. The van der Waals surface area contributed by atoms with Crippen molar-refractivity contribution in [2.75, 3.05) is 13.2 Å². The van der Waals surface area contributed by atoms with E-state index in [0.29, 0.717) is 5.92 Å². The second-order valence-corrected chi connectivity index (χ2v) is 7.53. The van der Waals surface area contributed by atoms with Crippen LogP contribution in [0.2, 0.25) is 0 Å². The summed E-state index contributed by atoms with van der Waals surface area (Å²) >= 11 is 0. The number of rotatable bonds is 5.